The number of benzene rings is 2. The number of anilines is 1. The van der Waals surface area contributed by atoms with E-state index in [-0.39, 0.29) is 24.5 Å². The van der Waals surface area contributed by atoms with E-state index in [0.717, 1.165) is 36.8 Å². The third-order valence-electron chi connectivity index (χ3n) is 5.99. The van der Waals surface area contributed by atoms with Crippen molar-refractivity contribution in [1.82, 2.24) is 5.32 Å². The van der Waals surface area contributed by atoms with E-state index < -0.39 is 27.9 Å². The van der Waals surface area contributed by atoms with E-state index in [1.165, 1.54) is 0 Å². The second-order valence-electron chi connectivity index (χ2n) is 8.85. The van der Waals surface area contributed by atoms with Gasteiger partial charge < -0.3 is 20.3 Å². The Balaban J connectivity index is 0.00000481. The van der Waals surface area contributed by atoms with Gasteiger partial charge in [0.15, 0.2) is 0 Å². The van der Waals surface area contributed by atoms with Crippen molar-refractivity contribution < 1.29 is 37.5 Å². The molecular formula is C25H33ClN2O8S. The lowest BCUT2D eigenvalue weighted by Crippen LogP contribution is -2.32. The Morgan fingerprint density at radius 1 is 0.919 bits per heavy atom. The molecule has 0 aliphatic heterocycles. The van der Waals surface area contributed by atoms with Gasteiger partial charge in [0.2, 0.25) is 5.91 Å². The van der Waals surface area contributed by atoms with Crippen LogP contribution in [0.1, 0.15) is 25.7 Å². The highest BCUT2D eigenvalue weighted by atomic mass is 35.5. The van der Waals surface area contributed by atoms with Crippen LogP contribution in [0.2, 0.25) is 5.02 Å². The maximum atomic E-state index is 12.2. The van der Waals surface area contributed by atoms with E-state index >= 15 is 0 Å². The predicted octanol–water partition coefficient (Wildman–Crippen LogP) is 3.56. The van der Waals surface area contributed by atoms with Crippen molar-refractivity contribution in [2.24, 2.45) is 11.8 Å². The fourth-order valence-electron chi connectivity index (χ4n) is 3.99. The van der Waals surface area contributed by atoms with Crippen molar-refractivity contribution >= 4 is 39.4 Å². The second kappa shape index (κ2) is 14.9. The first-order valence-corrected chi connectivity index (χ1v) is 13.8. The molecule has 0 saturated heterocycles. The number of hydrogen-bond donors (Lipinski definition) is 3. The summed E-state index contributed by atoms with van der Waals surface area (Å²) in [6.07, 6.45) is 3.13. The number of rotatable bonds is 11. The van der Waals surface area contributed by atoms with Gasteiger partial charge in [-0.3, -0.25) is 14.7 Å². The minimum absolute atomic E-state index is 0. The summed E-state index contributed by atoms with van der Waals surface area (Å²) in [5, 5.41) is 5.81. The molecule has 2 amide bonds. The highest BCUT2D eigenvalue weighted by Crippen LogP contribution is 2.29. The largest absolute Gasteiger partial charge is 0.449 e. The van der Waals surface area contributed by atoms with Crippen molar-refractivity contribution in [3.63, 3.8) is 0 Å². The first kappa shape index (κ1) is 30.5. The van der Waals surface area contributed by atoms with Crippen molar-refractivity contribution in [2.75, 3.05) is 37.4 Å². The topological polar surface area (TPSA) is 163 Å². The van der Waals surface area contributed by atoms with Gasteiger partial charge >= 0.3 is 6.09 Å². The number of carbonyl (C=O) groups is 2. The van der Waals surface area contributed by atoms with Crippen LogP contribution in [0.5, 0.6) is 0 Å². The molecule has 0 radical (unpaired) electrons. The van der Waals surface area contributed by atoms with E-state index in [0.29, 0.717) is 29.8 Å². The molecule has 10 nitrogen and oxygen atoms in total. The number of halogens is 1. The van der Waals surface area contributed by atoms with Crippen molar-refractivity contribution in [1.29, 1.82) is 0 Å². The van der Waals surface area contributed by atoms with Crippen LogP contribution in [0.15, 0.2) is 48.5 Å². The minimum Gasteiger partial charge on any atom is -0.449 e. The van der Waals surface area contributed by atoms with Crippen LogP contribution < -0.4 is 10.6 Å². The van der Waals surface area contributed by atoms with Crippen molar-refractivity contribution in [2.45, 2.75) is 25.7 Å². The molecule has 1 saturated carbocycles. The zero-order valence-corrected chi connectivity index (χ0v) is 21.9. The highest BCUT2D eigenvalue weighted by Gasteiger charge is 2.23. The Hall–Kier alpha value is -2.70. The molecule has 1 fully saturated rings. The fraction of sp³-hybridized carbons (Fsp3) is 0.440. The molecule has 37 heavy (non-hydrogen) atoms. The van der Waals surface area contributed by atoms with Crippen molar-refractivity contribution in [3.8, 4) is 11.1 Å². The van der Waals surface area contributed by atoms with Gasteiger partial charge in [-0.25, -0.2) is 4.79 Å². The van der Waals surface area contributed by atoms with Crippen LogP contribution in [-0.2, 0) is 24.4 Å². The number of carbonyl (C=O) groups excluding carboxylic acids is 2. The average molecular weight is 557 g/mol. The van der Waals surface area contributed by atoms with Crippen LogP contribution in [0.25, 0.3) is 11.1 Å². The Kier molecular flexibility index (Phi) is 12.3. The molecule has 3 rings (SSSR count). The molecule has 204 valence electrons. The maximum absolute atomic E-state index is 12.2. The molecule has 2 aromatic carbocycles. The van der Waals surface area contributed by atoms with Gasteiger partial charge in [-0.1, -0.05) is 35.9 Å². The normalized spacial score (nSPS) is 17.4. The molecule has 12 heteroatoms. The lowest BCUT2D eigenvalue weighted by atomic mass is 9.83. The third kappa shape index (κ3) is 11.5. The van der Waals surface area contributed by atoms with Crippen LogP contribution in [0.3, 0.4) is 0 Å². The molecule has 1 aliphatic rings. The third-order valence-corrected chi connectivity index (χ3v) is 6.97. The van der Waals surface area contributed by atoms with E-state index in [2.05, 4.69) is 10.6 Å². The average Bonchev–Trinajstić information content (AvgIpc) is 2.84. The SMILES string of the molecule is O.O=C(COCC1CCC(COC(=O)Nc2ccc(-c3ccc(Cl)cc3)cc2)CC1)NCCS(=O)(=O)O. The molecule has 0 aromatic heterocycles. The van der Waals surface area contributed by atoms with Gasteiger partial charge in [-0.05, 0) is 72.9 Å². The summed E-state index contributed by atoms with van der Waals surface area (Å²) < 4.78 is 40.7. The summed E-state index contributed by atoms with van der Waals surface area (Å²) in [5.74, 6) is -0.353. The molecule has 0 spiro atoms. The van der Waals surface area contributed by atoms with E-state index in [4.69, 9.17) is 25.6 Å². The van der Waals surface area contributed by atoms with E-state index in [1.54, 1.807) is 0 Å². The lowest BCUT2D eigenvalue weighted by Gasteiger charge is -2.28. The van der Waals surface area contributed by atoms with Gasteiger partial charge in [0.25, 0.3) is 10.1 Å². The Morgan fingerprint density at radius 3 is 2.03 bits per heavy atom. The van der Waals surface area contributed by atoms with Gasteiger partial charge in [-0.2, -0.15) is 8.42 Å². The number of hydrogen-bond acceptors (Lipinski definition) is 6. The van der Waals surface area contributed by atoms with Gasteiger partial charge in [-0.15, -0.1) is 0 Å². The Bertz CT molecular complexity index is 1100. The highest BCUT2D eigenvalue weighted by molar-refractivity contribution is 7.85. The zero-order valence-electron chi connectivity index (χ0n) is 20.3. The van der Waals surface area contributed by atoms with Crippen LogP contribution in [-0.4, -0.2) is 62.6 Å². The maximum Gasteiger partial charge on any atom is 0.411 e. The summed E-state index contributed by atoms with van der Waals surface area (Å²) in [6, 6.07) is 15.0. The molecule has 1 aliphatic carbocycles. The quantitative estimate of drug-likeness (QED) is 0.356. The summed E-state index contributed by atoms with van der Waals surface area (Å²) in [5.41, 5.74) is 2.71. The second-order valence-corrected chi connectivity index (χ2v) is 10.9. The summed E-state index contributed by atoms with van der Waals surface area (Å²) in [7, 11) is -4.10. The number of nitrogens with one attached hydrogen (secondary N) is 2. The minimum atomic E-state index is -4.10. The van der Waals surface area contributed by atoms with Gasteiger partial charge in [0, 0.05) is 17.3 Å². The summed E-state index contributed by atoms with van der Waals surface area (Å²) in [6.45, 7) is 0.466. The van der Waals surface area contributed by atoms with Crippen LogP contribution >= 0.6 is 11.6 Å². The lowest BCUT2D eigenvalue weighted by molar-refractivity contribution is -0.126. The smallest absolute Gasteiger partial charge is 0.411 e. The van der Waals surface area contributed by atoms with E-state index in [9.17, 15) is 18.0 Å². The Morgan fingerprint density at radius 2 is 1.46 bits per heavy atom. The fourth-order valence-corrected chi connectivity index (χ4v) is 4.48. The first-order chi connectivity index (χ1) is 17.2. The number of ether oxygens (including phenoxy) is 2. The molecule has 5 N–H and O–H groups in total. The Labute approximate surface area is 221 Å². The molecule has 0 unspecified atom stereocenters. The summed E-state index contributed by atoms with van der Waals surface area (Å²) >= 11 is 5.93. The molecule has 0 atom stereocenters. The zero-order chi connectivity index (χ0) is 26.0. The first-order valence-electron chi connectivity index (χ1n) is 11.8. The van der Waals surface area contributed by atoms with Crippen molar-refractivity contribution in [3.05, 3.63) is 53.6 Å². The standard InChI is InChI=1S/C25H31ClN2O7S.H2O/c26-22-9-5-20(6-10-22)21-7-11-23(12-8-21)28-25(30)35-16-19-3-1-18(2-4-19)15-34-17-24(29)27-13-14-36(31,32)33;/h5-12,18-19H,1-4,13-17H2,(H,27,29)(H,28,30)(H,31,32,33);1H2. The molecule has 0 bridgehead atoms. The molecule has 2 aromatic rings. The summed E-state index contributed by atoms with van der Waals surface area (Å²) in [4.78, 5) is 23.8. The van der Waals surface area contributed by atoms with E-state index in [1.807, 2.05) is 48.5 Å². The van der Waals surface area contributed by atoms with Gasteiger partial charge in [0.1, 0.15) is 6.61 Å². The van der Waals surface area contributed by atoms with Crippen LogP contribution in [0.4, 0.5) is 10.5 Å². The molecule has 0 heterocycles. The van der Waals surface area contributed by atoms with Crippen LogP contribution in [0, 0.1) is 11.8 Å². The predicted molar refractivity (Wildman–Crippen MR) is 141 cm³/mol. The van der Waals surface area contributed by atoms with Gasteiger partial charge in [0.05, 0.1) is 19.0 Å². The monoisotopic (exact) mass is 556 g/mol. The number of amides is 2. The molecular weight excluding hydrogens is 524 g/mol.